The van der Waals surface area contributed by atoms with Gasteiger partial charge in [-0.2, -0.15) is 0 Å². The first-order valence-corrected chi connectivity index (χ1v) is 7.52. The average molecular weight is 243 g/mol. The molecule has 1 fully saturated rings. The van der Waals surface area contributed by atoms with Gasteiger partial charge in [0.05, 0.1) is 0 Å². The van der Waals surface area contributed by atoms with Crippen molar-refractivity contribution >= 4 is 0 Å². The highest BCUT2D eigenvalue weighted by atomic mass is 15.2. The van der Waals surface area contributed by atoms with Crippen molar-refractivity contribution in [3.63, 3.8) is 0 Å². The summed E-state index contributed by atoms with van der Waals surface area (Å²) >= 11 is 0. The summed E-state index contributed by atoms with van der Waals surface area (Å²) < 4.78 is 0. The molecule has 0 unspecified atom stereocenters. The van der Waals surface area contributed by atoms with Gasteiger partial charge in [-0.25, -0.2) is 0 Å². The topological polar surface area (TPSA) is 18.5 Å². The summed E-state index contributed by atoms with van der Waals surface area (Å²) in [5.74, 6) is 0. The summed E-state index contributed by atoms with van der Waals surface area (Å²) in [5, 5.41) is 3.39. The Bertz CT molecular complexity index is 140. The lowest BCUT2D eigenvalue weighted by atomic mass is 10.3. The van der Waals surface area contributed by atoms with Crippen LogP contribution in [0, 0.1) is 0 Å². The maximum Gasteiger partial charge on any atom is 0.0107 e. The lowest BCUT2D eigenvalue weighted by Gasteiger charge is -2.28. The fourth-order valence-corrected chi connectivity index (χ4v) is 2.20. The highest BCUT2D eigenvalue weighted by Gasteiger charge is 2.09. The lowest BCUT2D eigenvalue weighted by molar-refractivity contribution is 0.213. The van der Waals surface area contributed by atoms with Crippen molar-refractivity contribution in [3.05, 3.63) is 0 Å². The minimum Gasteiger partial charge on any atom is -0.314 e. The van der Waals surface area contributed by atoms with E-state index in [9.17, 15) is 0 Å². The molecule has 0 aromatic rings. The van der Waals surface area contributed by atoms with Crippen molar-refractivity contribution in [2.75, 3.05) is 52.4 Å². The van der Waals surface area contributed by atoms with E-state index in [2.05, 4.69) is 29.0 Å². The van der Waals surface area contributed by atoms with E-state index in [4.69, 9.17) is 0 Å². The Morgan fingerprint density at radius 3 is 2.24 bits per heavy atom. The van der Waals surface area contributed by atoms with Gasteiger partial charge in [0.1, 0.15) is 0 Å². The van der Waals surface area contributed by atoms with Crippen LogP contribution in [0.3, 0.4) is 0 Å². The number of rotatable bonds is 7. The smallest absolute Gasteiger partial charge is 0.0107 e. The first-order chi connectivity index (χ1) is 8.36. The molecule has 1 rings (SSSR count). The van der Waals surface area contributed by atoms with E-state index in [0.29, 0.717) is 0 Å². The average Bonchev–Trinajstić information content (AvgIpc) is 2.41. The monoisotopic (exact) mass is 243 g/mol. The van der Waals surface area contributed by atoms with E-state index in [-0.39, 0.29) is 0 Å². The molecule has 0 aliphatic carbocycles. The van der Waals surface area contributed by atoms with Crippen LogP contribution in [-0.2, 0) is 0 Å². The van der Waals surface area contributed by atoms with Gasteiger partial charge >= 0.3 is 0 Å². The molecule has 1 heterocycles. The van der Waals surface area contributed by atoms with Gasteiger partial charge in [0.2, 0.25) is 0 Å². The highest BCUT2D eigenvalue weighted by molar-refractivity contribution is 4.68. The molecule has 104 valence electrons. The lowest BCUT2D eigenvalue weighted by Crippen LogP contribution is -2.44. The van der Waals surface area contributed by atoms with Gasteiger partial charge in [0, 0.05) is 26.2 Å². The molecule has 17 heavy (non-hydrogen) atoms. The maximum absolute atomic E-state index is 3.39. The normalized spacial score (nSPS) is 16.8. The van der Waals surface area contributed by atoms with Crippen molar-refractivity contribution in [1.82, 2.24) is 15.1 Å². The standard InChI is InChI=1S/C12H27N3.C2H6/c1-3-8-14(4-2)9-5-10-15-11-6-13-7-12-15;1-2/h13H,3-12H2,1-2H3;1-2H3. The van der Waals surface area contributed by atoms with Crippen molar-refractivity contribution in [3.8, 4) is 0 Å². The van der Waals surface area contributed by atoms with Crippen LogP contribution in [0.5, 0.6) is 0 Å². The van der Waals surface area contributed by atoms with Crippen molar-refractivity contribution in [1.29, 1.82) is 0 Å². The Hall–Kier alpha value is -0.120. The number of hydrogen-bond acceptors (Lipinski definition) is 3. The van der Waals surface area contributed by atoms with Crippen molar-refractivity contribution in [2.45, 2.75) is 40.5 Å². The molecule has 0 aromatic carbocycles. The number of nitrogens with one attached hydrogen (secondary N) is 1. The van der Waals surface area contributed by atoms with E-state index in [1.807, 2.05) is 13.8 Å². The van der Waals surface area contributed by atoms with Gasteiger partial charge in [0.25, 0.3) is 0 Å². The van der Waals surface area contributed by atoms with Crippen LogP contribution >= 0.6 is 0 Å². The molecule has 3 heteroatoms. The van der Waals surface area contributed by atoms with E-state index in [1.165, 1.54) is 65.2 Å². The molecule has 3 nitrogen and oxygen atoms in total. The second kappa shape index (κ2) is 12.3. The fraction of sp³-hybridized carbons (Fsp3) is 1.00. The van der Waals surface area contributed by atoms with Crippen LogP contribution in [0.4, 0.5) is 0 Å². The van der Waals surface area contributed by atoms with E-state index >= 15 is 0 Å². The van der Waals surface area contributed by atoms with Gasteiger partial charge in [-0.05, 0) is 39.0 Å². The first-order valence-electron chi connectivity index (χ1n) is 7.52. The molecule has 1 aliphatic rings. The Labute approximate surface area is 109 Å². The Morgan fingerprint density at radius 2 is 1.71 bits per heavy atom. The SMILES string of the molecule is CC.CCCN(CC)CCCN1CCNCC1. The molecule has 0 bridgehead atoms. The van der Waals surface area contributed by atoms with Crippen LogP contribution < -0.4 is 5.32 Å². The zero-order valence-electron chi connectivity index (χ0n) is 12.5. The van der Waals surface area contributed by atoms with Crippen molar-refractivity contribution in [2.24, 2.45) is 0 Å². The van der Waals surface area contributed by atoms with Crippen LogP contribution in [0.15, 0.2) is 0 Å². The van der Waals surface area contributed by atoms with E-state index in [1.54, 1.807) is 0 Å². The zero-order valence-corrected chi connectivity index (χ0v) is 12.5. The molecule has 0 atom stereocenters. The summed E-state index contributed by atoms with van der Waals surface area (Å²) in [6, 6.07) is 0. The summed E-state index contributed by atoms with van der Waals surface area (Å²) in [5.41, 5.74) is 0. The highest BCUT2D eigenvalue weighted by Crippen LogP contribution is 1.98. The molecule has 1 saturated heterocycles. The van der Waals surface area contributed by atoms with E-state index < -0.39 is 0 Å². The quantitative estimate of drug-likeness (QED) is 0.738. The third-order valence-electron chi connectivity index (χ3n) is 3.15. The van der Waals surface area contributed by atoms with Crippen molar-refractivity contribution < 1.29 is 0 Å². The zero-order chi connectivity index (χ0) is 12.9. The van der Waals surface area contributed by atoms with Crippen LogP contribution in [0.2, 0.25) is 0 Å². The fourth-order valence-electron chi connectivity index (χ4n) is 2.20. The van der Waals surface area contributed by atoms with Gasteiger partial charge in [-0.3, -0.25) is 0 Å². The number of hydrogen-bond donors (Lipinski definition) is 1. The second-order valence-electron chi connectivity index (χ2n) is 4.38. The Balaban J connectivity index is 0.00000121. The Kier molecular flexibility index (Phi) is 12.3. The van der Waals surface area contributed by atoms with Gasteiger partial charge < -0.3 is 15.1 Å². The predicted octanol–water partition coefficient (Wildman–Crippen LogP) is 2.04. The summed E-state index contributed by atoms with van der Waals surface area (Å²) in [6.07, 6.45) is 2.61. The molecular weight excluding hydrogens is 210 g/mol. The summed E-state index contributed by atoms with van der Waals surface area (Å²) in [6.45, 7) is 18.4. The molecule has 0 spiro atoms. The molecule has 0 radical (unpaired) electrons. The number of nitrogens with zero attached hydrogens (tertiary/aromatic N) is 2. The van der Waals surface area contributed by atoms with E-state index in [0.717, 1.165) is 0 Å². The third-order valence-corrected chi connectivity index (χ3v) is 3.15. The molecule has 0 amide bonds. The van der Waals surface area contributed by atoms with Gasteiger partial charge in [0.15, 0.2) is 0 Å². The molecule has 0 saturated carbocycles. The third kappa shape index (κ3) is 8.58. The minimum absolute atomic E-state index is 1.17. The minimum atomic E-state index is 1.17. The van der Waals surface area contributed by atoms with Crippen LogP contribution in [0.25, 0.3) is 0 Å². The molecular formula is C14H33N3. The largest absolute Gasteiger partial charge is 0.314 e. The second-order valence-corrected chi connectivity index (χ2v) is 4.38. The summed E-state index contributed by atoms with van der Waals surface area (Å²) in [7, 11) is 0. The maximum atomic E-state index is 3.39. The molecule has 1 N–H and O–H groups in total. The predicted molar refractivity (Wildman–Crippen MR) is 77.7 cm³/mol. The Morgan fingerprint density at radius 1 is 1.06 bits per heavy atom. The first kappa shape index (κ1) is 16.9. The van der Waals surface area contributed by atoms with Crippen LogP contribution in [-0.4, -0.2) is 62.2 Å². The van der Waals surface area contributed by atoms with Gasteiger partial charge in [-0.15, -0.1) is 0 Å². The molecule has 0 aromatic heterocycles. The van der Waals surface area contributed by atoms with Gasteiger partial charge in [-0.1, -0.05) is 27.7 Å². The number of piperazine rings is 1. The molecule has 1 aliphatic heterocycles. The van der Waals surface area contributed by atoms with Crippen LogP contribution in [0.1, 0.15) is 40.5 Å². The summed E-state index contributed by atoms with van der Waals surface area (Å²) in [4.78, 5) is 5.14.